The van der Waals surface area contributed by atoms with Crippen molar-refractivity contribution in [2.24, 2.45) is 0 Å². The highest BCUT2D eigenvalue weighted by atomic mass is 35.5. The number of methoxy groups -OCH3 is 1. The molecule has 2 rings (SSSR count). The first-order valence-corrected chi connectivity index (χ1v) is 8.79. The van der Waals surface area contributed by atoms with Crippen molar-refractivity contribution in [3.05, 3.63) is 62.6 Å². The van der Waals surface area contributed by atoms with E-state index in [1.54, 1.807) is 25.3 Å². The van der Waals surface area contributed by atoms with Crippen LogP contribution in [0.5, 0.6) is 5.75 Å². The smallest absolute Gasteiger partial charge is 0.124 e. The predicted octanol–water partition coefficient (Wildman–Crippen LogP) is 5.35. The highest BCUT2D eigenvalue weighted by Gasteiger charge is 2.09. The van der Waals surface area contributed by atoms with Crippen molar-refractivity contribution in [2.45, 2.75) is 19.6 Å². The maximum Gasteiger partial charge on any atom is 0.124 e. The summed E-state index contributed by atoms with van der Waals surface area (Å²) in [7, 11) is 1.70. The monoisotopic (exact) mass is 387 g/mol. The molecule has 0 bridgehead atoms. The second-order valence-electron chi connectivity index (χ2n) is 5.26. The van der Waals surface area contributed by atoms with E-state index >= 15 is 0 Å². The third-order valence-corrected chi connectivity index (χ3v) is 4.42. The van der Waals surface area contributed by atoms with Gasteiger partial charge < -0.3 is 14.8 Å². The molecular formula is C18H20Cl3NO2. The number of hydrogen-bond donors (Lipinski definition) is 1. The molecule has 0 amide bonds. The predicted molar refractivity (Wildman–Crippen MR) is 100 cm³/mol. The number of halogens is 3. The van der Waals surface area contributed by atoms with Gasteiger partial charge in [0.2, 0.25) is 0 Å². The van der Waals surface area contributed by atoms with Crippen LogP contribution in [0.3, 0.4) is 0 Å². The SMILES string of the molecule is COCCCNCc1cc(Cl)ccc1OCc1c(Cl)cccc1Cl. The molecule has 0 aliphatic carbocycles. The minimum Gasteiger partial charge on any atom is -0.488 e. The van der Waals surface area contributed by atoms with E-state index in [4.69, 9.17) is 44.3 Å². The summed E-state index contributed by atoms with van der Waals surface area (Å²) < 4.78 is 11.0. The molecule has 0 unspecified atom stereocenters. The third kappa shape index (κ3) is 5.83. The van der Waals surface area contributed by atoms with Crippen molar-refractivity contribution in [1.82, 2.24) is 5.32 Å². The summed E-state index contributed by atoms with van der Waals surface area (Å²) in [5.41, 5.74) is 1.76. The summed E-state index contributed by atoms with van der Waals surface area (Å²) in [6.45, 7) is 2.56. The van der Waals surface area contributed by atoms with Crippen LogP contribution in [-0.2, 0) is 17.9 Å². The zero-order valence-corrected chi connectivity index (χ0v) is 15.7. The van der Waals surface area contributed by atoms with Gasteiger partial charge in [-0.2, -0.15) is 0 Å². The van der Waals surface area contributed by atoms with Crippen molar-refractivity contribution >= 4 is 34.8 Å². The van der Waals surface area contributed by atoms with E-state index in [9.17, 15) is 0 Å². The topological polar surface area (TPSA) is 30.5 Å². The molecule has 2 aromatic carbocycles. The second kappa shape index (κ2) is 10.1. The van der Waals surface area contributed by atoms with Crippen LogP contribution in [-0.4, -0.2) is 20.3 Å². The van der Waals surface area contributed by atoms with Gasteiger partial charge in [0.25, 0.3) is 0 Å². The molecule has 0 radical (unpaired) electrons. The summed E-state index contributed by atoms with van der Waals surface area (Å²) in [5, 5.41) is 5.21. The van der Waals surface area contributed by atoms with E-state index in [0.717, 1.165) is 36.4 Å². The summed E-state index contributed by atoms with van der Waals surface area (Å²) in [6.07, 6.45) is 0.947. The average Bonchev–Trinajstić information content (AvgIpc) is 2.56. The molecule has 0 fully saturated rings. The van der Waals surface area contributed by atoms with Crippen molar-refractivity contribution in [3.8, 4) is 5.75 Å². The first-order valence-electron chi connectivity index (χ1n) is 7.65. The Hall–Kier alpha value is -0.970. The fraction of sp³-hybridized carbons (Fsp3) is 0.333. The summed E-state index contributed by atoms with van der Waals surface area (Å²) in [4.78, 5) is 0. The lowest BCUT2D eigenvalue weighted by atomic mass is 10.2. The van der Waals surface area contributed by atoms with Crippen LogP contribution < -0.4 is 10.1 Å². The summed E-state index contributed by atoms with van der Waals surface area (Å²) >= 11 is 18.5. The van der Waals surface area contributed by atoms with Crippen LogP contribution in [0.25, 0.3) is 0 Å². The Kier molecular flexibility index (Phi) is 8.16. The minimum atomic E-state index is 0.302. The molecule has 0 atom stereocenters. The lowest BCUT2D eigenvalue weighted by Gasteiger charge is -2.14. The molecule has 0 aliphatic rings. The summed E-state index contributed by atoms with van der Waals surface area (Å²) in [6, 6.07) is 11.0. The van der Waals surface area contributed by atoms with Crippen LogP contribution in [0, 0.1) is 0 Å². The molecular weight excluding hydrogens is 369 g/mol. The minimum absolute atomic E-state index is 0.302. The molecule has 0 spiro atoms. The van der Waals surface area contributed by atoms with Gasteiger partial charge in [-0.3, -0.25) is 0 Å². The zero-order chi connectivity index (χ0) is 17.4. The fourth-order valence-corrected chi connectivity index (χ4v) is 2.91. The largest absolute Gasteiger partial charge is 0.488 e. The lowest BCUT2D eigenvalue weighted by molar-refractivity contribution is 0.194. The highest BCUT2D eigenvalue weighted by molar-refractivity contribution is 6.36. The molecule has 0 saturated carbocycles. The highest BCUT2D eigenvalue weighted by Crippen LogP contribution is 2.28. The van der Waals surface area contributed by atoms with Crippen LogP contribution in [0.15, 0.2) is 36.4 Å². The van der Waals surface area contributed by atoms with Crippen LogP contribution in [0.4, 0.5) is 0 Å². The van der Waals surface area contributed by atoms with Gasteiger partial charge in [0.15, 0.2) is 0 Å². The van der Waals surface area contributed by atoms with E-state index in [0.29, 0.717) is 28.2 Å². The standard InChI is InChI=1S/C18H20Cl3NO2/c1-23-9-3-8-22-11-13-10-14(19)6-7-18(13)24-12-15-16(20)4-2-5-17(15)21/h2,4-7,10,22H,3,8-9,11-12H2,1H3. The lowest BCUT2D eigenvalue weighted by Crippen LogP contribution is -2.16. The molecule has 0 aliphatic heterocycles. The number of rotatable bonds is 9. The number of hydrogen-bond acceptors (Lipinski definition) is 3. The van der Waals surface area contributed by atoms with Crippen LogP contribution in [0.1, 0.15) is 17.5 Å². The number of nitrogens with one attached hydrogen (secondary N) is 1. The maximum atomic E-state index is 6.18. The van der Waals surface area contributed by atoms with Crippen molar-refractivity contribution in [3.63, 3.8) is 0 Å². The third-order valence-electron chi connectivity index (χ3n) is 3.47. The normalized spacial score (nSPS) is 10.8. The van der Waals surface area contributed by atoms with E-state index < -0.39 is 0 Å². The van der Waals surface area contributed by atoms with Gasteiger partial charge in [-0.25, -0.2) is 0 Å². The van der Waals surface area contributed by atoms with Gasteiger partial charge in [-0.15, -0.1) is 0 Å². The van der Waals surface area contributed by atoms with Gasteiger partial charge in [0.05, 0.1) is 0 Å². The Bertz CT molecular complexity index is 644. The molecule has 0 saturated heterocycles. The Balaban J connectivity index is 2.01. The van der Waals surface area contributed by atoms with Gasteiger partial charge >= 0.3 is 0 Å². The Morgan fingerprint density at radius 1 is 1.04 bits per heavy atom. The molecule has 3 nitrogen and oxygen atoms in total. The zero-order valence-electron chi connectivity index (χ0n) is 13.5. The summed E-state index contributed by atoms with van der Waals surface area (Å²) in [5.74, 6) is 0.759. The van der Waals surface area contributed by atoms with Gasteiger partial charge in [0.1, 0.15) is 12.4 Å². The molecule has 130 valence electrons. The van der Waals surface area contributed by atoms with E-state index in [1.165, 1.54) is 0 Å². The van der Waals surface area contributed by atoms with Crippen molar-refractivity contribution < 1.29 is 9.47 Å². The van der Waals surface area contributed by atoms with Crippen LogP contribution >= 0.6 is 34.8 Å². The van der Waals surface area contributed by atoms with Crippen molar-refractivity contribution in [1.29, 1.82) is 0 Å². The molecule has 2 aromatic rings. The molecule has 0 aromatic heterocycles. The van der Waals surface area contributed by atoms with E-state index in [-0.39, 0.29) is 0 Å². The van der Waals surface area contributed by atoms with Crippen molar-refractivity contribution in [2.75, 3.05) is 20.3 Å². The van der Waals surface area contributed by atoms with Gasteiger partial charge in [0, 0.05) is 46.5 Å². The second-order valence-corrected chi connectivity index (χ2v) is 6.51. The number of ether oxygens (including phenoxy) is 2. The van der Waals surface area contributed by atoms with Gasteiger partial charge in [-0.05, 0) is 43.3 Å². The molecule has 1 N–H and O–H groups in total. The average molecular weight is 389 g/mol. The quantitative estimate of drug-likeness (QED) is 0.587. The van der Waals surface area contributed by atoms with Gasteiger partial charge in [-0.1, -0.05) is 40.9 Å². The first-order chi connectivity index (χ1) is 11.6. The molecule has 0 heterocycles. The van der Waals surface area contributed by atoms with E-state index in [1.807, 2.05) is 18.2 Å². The molecule has 6 heteroatoms. The fourth-order valence-electron chi connectivity index (χ4n) is 2.21. The van der Waals surface area contributed by atoms with E-state index in [2.05, 4.69) is 5.32 Å². The Morgan fingerprint density at radius 2 is 1.79 bits per heavy atom. The first kappa shape index (κ1) is 19.4. The number of benzene rings is 2. The Morgan fingerprint density at radius 3 is 2.50 bits per heavy atom. The maximum absolute atomic E-state index is 6.18. The Labute approximate surface area is 157 Å². The van der Waals surface area contributed by atoms with Crippen LogP contribution in [0.2, 0.25) is 15.1 Å². The molecule has 24 heavy (non-hydrogen) atoms.